The molecule has 3 saturated heterocycles. The standard InChI is InChI=1S/C17H33N3O/c1-4-13(2)17-11-20(14(3)8-18-17)10-16-9-19-7-5-6-15(19)12-21-16/h13-18H,4-12H2,1-3H3. The summed E-state index contributed by atoms with van der Waals surface area (Å²) in [6.45, 7) is 13.8. The lowest BCUT2D eigenvalue weighted by atomic mass is 9.95. The van der Waals surface area contributed by atoms with E-state index in [9.17, 15) is 0 Å². The predicted molar refractivity (Wildman–Crippen MR) is 86.6 cm³/mol. The number of piperazine rings is 1. The van der Waals surface area contributed by atoms with E-state index in [4.69, 9.17) is 4.74 Å². The minimum Gasteiger partial charge on any atom is -0.374 e. The van der Waals surface area contributed by atoms with Gasteiger partial charge in [0.25, 0.3) is 0 Å². The Balaban J connectivity index is 1.53. The molecule has 5 atom stereocenters. The van der Waals surface area contributed by atoms with Crippen LogP contribution in [-0.2, 0) is 4.74 Å². The fourth-order valence-corrected chi connectivity index (χ4v) is 4.13. The second-order valence-electron chi connectivity index (χ2n) is 7.45. The molecule has 3 rings (SSSR count). The Kier molecular flexibility index (Phi) is 5.20. The molecule has 21 heavy (non-hydrogen) atoms. The summed E-state index contributed by atoms with van der Waals surface area (Å²) in [5.41, 5.74) is 0. The van der Waals surface area contributed by atoms with E-state index in [0.717, 1.165) is 38.2 Å². The van der Waals surface area contributed by atoms with Crippen molar-refractivity contribution in [2.24, 2.45) is 5.92 Å². The number of morpholine rings is 1. The molecule has 5 unspecified atom stereocenters. The van der Waals surface area contributed by atoms with Crippen molar-refractivity contribution in [2.45, 2.75) is 64.3 Å². The van der Waals surface area contributed by atoms with Crippen LogP contribution in [0.25, 0.3) is 0 Å². The molecule has 0 bridgehead atoms. The van der Waals surface area contributed by atoms with Gasteiger partial charge in [0, 0.05) is 44.3 Å². The normalized spacial score (nSPS) is 40.1. The molecular formula is C17H33N3O. The summed E-state index contributed by atoms with van der Waals surface area (Å²) >= 11 is 0. The number of hydrogen-bond acceptors (Lipinski definition) is 4. The molecule has 3 aliphatic heterocycles. The zero-order valence-corrected chi connectivity index (χ0v) is 14.1. The molecule has 4 heteroatoms. The quantitative estimate of drug-likeness (QED) is 0.852. The molecule has 0 spiro atoms. The number of nitrogens with zero attached hydrogens (tertiary/aromatic N) is 2. The Labute approximate surface area is 130 Å². The van der Waals surface area contributed by atoms with Gasteiger partial charge in [0.05, 0.1) is 12.7 Å². The fraction of sp³-hybridized carbons (Fsp3) is 1.00. The molecular weight excluding hydrogens is 262 g/mol. The lowest BCUT2D eigenvalue weighted by Crippen LogP contribution is -2.60. The van der Waals surface area contributed by atoms with Crippen molar-refractivity contribution in [3.63, 3.8) is 0 Å². The van der Waals surface area contributed by atoms with E-state index in [0.29, 0.717) is 18.2 Å². The highest BCUT2D eigenvalue weighted by Gasteiger charge is 2.35. The van der Waals surface area contributed by atoms with E-state index in [-0.39, 0.29) is 0 Å². The minimum absolute atomic E-state index is 0.414. The summed E-state index contributed by atoms with van der Waals surface area (Å²) in [6.07, 6.45) is 4.38. The van der Waals surface area contributed by atoms with Crippen molar-refractivity contribution >= 4 is 0 Å². The van der Waals surface area contributed by atoms with Gasteiger partial charge in [-0.2, -0.15) is 0 Å². The van der Waals surface area contributed by atoms with E-state index in [1.807, 2.05) is 0 Å². The summed E-state index contributed by atoms with van der Waals surface area (Å²) in [4.78, 5) is 5.32. The second kappa shape index (κ2) is 6.95. The first kappa shape index (κ1) is 15.7. The lowest BCUT2D eigenvalue weighted by Gasteiger charge is -2.44. The molecule has 3 aliphatic rings. The lowest BCUT2D eigenvalue weighted by molar-refractivity contribution is -0.0691. The van der Waals surface area contributed by atoms with Crippen molar-refractivity contribution < 1.29 is 4.74 Å². The number of rotatable bonds is 4. The highest BCUT2D eigenvalue weighted by atomic mass is 16.5. The largest absolute Gasteiger partial charge is 0.374 e. The van der Waals surface area contributed by atoms with Crippen molar-refractivity contribution in [3.05, 3.63) is 0 Å². The van der Waals surface area contributed by atoms with Crippen LogP contribution in [0.3, 0.4) is 0 Å². The summed E-state index contributed by atoms with van der Waals surface area (Å²) in [7, 11) is 0. The third kappa shape index (κ3) is 3.61. The van der Waals surface area contributed by atoms with E-state index in [1.54, 1.807) is 0 Å². The van der Waals surface area contributed by atoms with Gasteiger partial charge in [-0.1, -0.05) is 20.3 Å². The van der Waals surface area contributed by atoms with Gasteiger partial charge in [-0.05, 0) is 32.2 Å². The maximum Gasteiger partial charge on any atom is 0.0829 e. The summed E-state index contributed by atoms with van der Waals surface area (Å²) in [5, 5.41) is 3.73. The van der Waals surface area contributed by atoms with Crippen LogP contribution in [0.1, 0.15) is 40.0 Å². The number of fused-ring (bicyclic) bond motifs is 1. The van der Waals surface area contributed by atoms with E-state index < -0.39 is 0 Å². The van der Waals surface area contributed by atoms with Crippen LogP contribution in [0.2, 0.25) is 0 Å². The fourth-order valence-electron chi connectivity index (χ4n) is 4.13. The van der Waals surface area contributed by atoms with Gasteiger partial charge < -0.3 is 10.1 Å². The van der Waals surface area contributed by atoms with Gasteiger partial charge in [-0.25, -0.2) is 0 Å². The molecule has 0 saturated carbocycles. The molecule has 3 fully saturated rings. The Bertz CT molecular complexity index is 338. The molecule has 0 amide bonds. The Morgan fingerprint density at radius 2 is 2.19 bits per heavy atom. The van der Waals surface area contributed by atoms with Gasteiger partial charge in [-0.3, -0.25) is 9.80 Å². The first-order chi connectivity index (χ1) is 10.2. The van der Waals surface area contributed by atoms with E-state index >= 15 is 0 Å². The molecule has 0 aromatic heterocycles. The van der Waals surface area contributed by atoms with Crippen LogP contribution >= 0.6 is 0 Å². The van der Waals surface area contributed by atoms with Crippen molar-refractivity contribution in [3.8, 4) is 0 Å². The van der Waals surface area contributed by atoms with E-state index in [2.05, 4.69) is 35.9 Å². The Hall–Kier alpha value is -0.160. The number of hydrogen-bond donors (Lipinski definition) is 1. The molecule has 0 aliphatic carbocycles. The summed E-state index contributed by atoms with van der Waals surface area (Å²) in [5.74, 6) is 0.759. The summed E-state index contributed by atoms with van der Waals surface area (Å²) < 4.78 is 6.16. The zero-order chi connectivity index (χ0) is 14.8. The van der Waals surface area contributed by atoms with Gasteiger partial charge in [0.1, 0.15) is 0 Å². The van der Waals surface area contributed by atoms with Crippen LogP contribution in [0.4, 0.5) is 0 Å². The maximum atomic E-state index is 6.16. The average molecular weight is 295 g/mol. The van der Waals surface area contributed by atoms with Gasteiger partial charge >= 0.3 is 0 Å². The molecule has 0 aromatic rings. The smallest absolute Gasteiger partial charge is 0.0829 e. The summed E-state index contributed by atoms with van der Waals surface area (Å²) in [6, 6.07) is 1.99. The van der Waals surface area contributed by atoms with Crippen LogP contribution in [0, 0.1) is 5.92 Å². The van der Waals surface area contributed by atoms with Gasteiger partial charge in [-0.15, -0.1) is 0 Å². The number of ether oxygens (including phenoxy) is 1. The van der Waals surface area contributed by atoms with Crippen molar-refractivity contribution in [1.82, 2.24) is 15.1 Å². The van der Waals surface area contributed by atoms with Crippen LogP contribution < -0.4 is 5.32 Å². The SMILES string of the molecule is CCC(C)C1CN(CC2CN3CCCC3CO2)C(C)CN1. The third-order valence-corrected chi connectivity index (χ3v) is 5.96. The number of nitrogens with one attached hydrogen (secondary N) is 1. The van der Waals surface area contributed by atoms with E-state index in [1.165, 1.54) is 32.4 Å². The van der Waals surface area contributed by atoms with Crippen molar-refractivity contribution in [2.75, 3.05) is 39.3 Å². The monoisotopic (exact) mass is 295 g/mol. The minimum atomic E-state index is 0.414. The van der Waals surface area contributed by atoms with Gasteiger partial charge in [0.2, 0.25) is 0 Å². The highest BCUT2D eigenvalue weighted by molar-refractivity contribution is 4.90. The third-order valence-electron chi connectivity index (χ3n) is 5.96. The molecule has 3 heterocycles. The van der Waals surface area contributed by atoms with Crippen molar-refractivity contribution in [1.29, 1.82) is 0 Å². The first-order valence-corrected chi connectivity index (χ1v) is 9.00. The Morgan fingerprint density at radius 3 is 3.00 bits per heavy atom. The zero-order valence-electron chi connectivity index (χ0n) is 14.1. The van der Waals surface area contributed by atoms with Crippen LogP contribution in [-0.4, -0.2) is 73.4 Å². The Morgan fingerprint density at radius 1 is 1.33 bits per heavy atom. The molecule has 122 valence electrons. The maximum absolute atomic E-state index is 6.16. The predicted octanol–water partition coefficient (Wildman–Crippen LogP) is 1.56. The highest BCUT2D eigenvalue weighted by Crippen LogP contribution is 2.24. The molecule has 1 N–H and O–H groups in total. The molecule has 4 nitrogen and oxygen atoms in total. The second-order valence-corrected chi connectivity index (χ2v) is 7.45. The van der Waals surface area contributed by atoms with Crippen LogP contribution in [0.15, 0.2) is 0 Å². The molecule has 0 aromatic carbocycles. The van der Waals surface area contributed by atoms with Crippen LogP contribution in [0.5, 0.6) is 0 Å². The average Bonchev–Trinajstić information content (AvgIpc) is 2.96. The topological polar surface area (TPSA) is 27.7 Å². The molecule has 0 radical (unpaired) electrons. The van der Waals surface area contributed by atoms with Gasteiger partial charge in [0.15, 0.2) is 0 Å². The first-order valence-electron chi connectivity index (χ1n) is 9.00.